The highest BCUT2D eigenvalue weighted by Gasteiger charge is 2.57. The van der Waals surface area contributed by atoms with E-state index in [-0.39, 0.29) is 11.2 Å². The van der Waals surface area contributed by atoms with Crippen molar-refractivity contribution < 1.29 is 26.7 Å². The zero-order valence-electron chi connectivity index (χ0n) is 26.4. The van der Waals surface area contributed by atoms with Gasteiger partial charge in [0.1, 0.15) is 0 Å². The Labute approximate surface area is 259 Å². The molecule has 0 aliphatic heterocycles. The van der Waals surface area contributed by atoms with Gasteiger partial charge < -0.3 is 4.74 Å². The summed E-state index contributed by atoms with van der Waals surface area (Å²) in [6.07, 6.45) is 3.70. The molecule has 1 nitrogen and oxygen atoms in total. The normalized spacial score (nSPS) is 27.0. The van der Waals surface area contributed by atoms with Crippen molar-refractivity contribution in [1.82, 2.24) is 0 Å². The van der Waals surface area contributed by atoms with Gasteiger partial charge in [0.15, 0.2) is 0 Å². The molecule has 5 unspecified atom stereocenters. The lowest BCUT2D eigenvalue weighted by Crippen LogP contribution is -2.44. The molecule has 2 fully saturated rings. The predicted molar refractivity (Wildman–Crippen MR) is 168 cm³/mol. The van der Waals surface area contributed by atoms with Crippen LogP contribution in [0.4, 0.5) is 22.0 Å². The van der Waals surface area contributed by atoms with Crippen LogP contribution in [0.5, 0.6) is 0 Å². The molecule has 5 rings (SSSR count). The smallest absolute Gasteiger partial charge is 0.381 e. The van der Waals surface area contributed by atoms with Crippen LogP contribution in [0.15, 0.2) is 48.5 Å². The Morgan fingerprint density at radius 1 is 0.930 bits per heavy atom. The van der Waals surface area contributed by atoms with Crippen LogP contribution in [0.2, 0.25) is 0 Å². The number of aryl methyl sites for hydroxylation is 1. The predicted octanol–water partition coefficient (Wildman–Crippen LogP) is 11.0. The van der Waals surface area contributed by atoms with Gasteiger partial charge in [-0.15, -0.1) is 0 Å². The van der Waals surface area contributed by atoms with E-state index in [4.69, 9.17) is 4.74 Å². The molecule has 0 aromatic heterocycles. The average molecular weight is 625 g/mol. The minimum atomic E-state index is -5.42. The van der Waals surface area contributed by atoms with Crippen LogP contribution in [0.25, 0.3) is 0 Å². The second kappa shape index (κ2) is 13.8. The van der Waals surface area contributed by atoms with Gasteiger partial charge in [-0.05, 0) is 109 Å². The van der Waals surface area contributed by atoms with E-state index in [9.17, 15) is 22.0 Å². The Hall–Kier alpha value is -1.60. The van der Waals surface area contributed by atoms with E-state index in [1.54, 1.807) is 11.1 Å². The molecule has 0 radical (unpaired) electrons. The maximum Gasteiger partial charge on any atom is 0.453 e. The molecule has 2 aromatic rings. The van der Waals surface area contributed by atoms with E-state index in [2.05, 4.69) is 55.5 Å². The maximum absolute atomic E-state index is 12.5. The Balaban J connectivity index is 0.000000229. The third kappa shape index (κ3) is 7.98. The molecule has 0 bridgehead atoms. The summed E-state index contributed by atoms with van der Waals surface area (Å²) < 4.78 is 66.3. The number of fused-ring (bicyclic) bond motifs is 5. The summed E-state index contributed by atoms with van der Waals surface area (Å²) in [6.45, 7) is 8.37. The van der Waals surface area contributed by atoms with Crippen molar-refractivity contribution in [3.05, 3.63) is 70.8 Å². The number of hydrogen-bond donors (Lipinski definition) is 0. The molecule has 3 aliphatic carbocycles. The second-order valence-corrected chi connectivity index (χ2v) is 15.5. The highest BCUT2D eigenvalue weighted by Crippen LogP contribution is 2.61. The van der Waals surface area contributed by atoms with E-state index in [0.717, 1.165) is 30.6 Å². The quantitative estimate of drug-likeness (QED) is 0.203. The second-order valence-electron chi connectivity index (χ2n) is 13.7. The van der Waals surface area contributed by atoms with Crippen molar-refractivity contribution in [2.75, 3.05) is 12.9 Å². The van der Waals surface area contributed by atoms with E-state index in [1.165, 1.54) is 61.4 Å². The number of benzene rings is 2. The van der Waals surface area contributed by atoms with Crippen molar-refractivity contribution in [2.24, 2.45) is 17.3 Å². The first-order valence-corrected chi connectivity index (χ1v) is 17.0. The highest BCUT2D eigenvalue weighted by atomic mass is 32.2. The van der Waals surface area contributed by atoms with Crippen LogP contribution in [0, 0.1) is 17.3 Å². The minimum Gasteiger partial charge on any atom is -0.381 e. The number of halogens is 5. The van der Waals surface area contributed by atoms with Crippen LogP contribution < -0.4 is 0 Å². The summed E-state index contributed by atoms with van der Waals surface area (Å²) in [5.74, 6) is -1.71. The number of ether oxygens (including phenoxy) is 1. The first-order chi connectivity index (χ1) is 20.2. The summed E-state index contributed by atoms with van der Waals surface area (Å²) in [6, 6.07) is 18.3. The Morgan fingerprint density at radius 2 is 1.65 bits per heavy atom. The molecule has 43 heavy (non-hydrogen) atoms. The maximum atomic E-state index is 12.5. The third-order valence-electron chi connectivity index (χ3n) is 10.6. The van der Waals surface area contributed by atoms with Crippen LogP contribution in [-0.4, -0.2) is 35.8 Å². The Morgan fingerprint density at radius 3 is 2.30 bits per heavy atom. The Bertz CT molecular complexity index is 1180. The standard InChI is InChI=1S/C26H32O.C10H17F5S/c1-26-15-14-22-21-10-8-19(16-18-6-4-3-5-7-18)17-20(21)9-11-23(22)24(26)12-13-25(26)27-2;1-4-8(2,3)16-7-5-6-9(11,12)10(13,14)15/h3-8,10,17,22-25H,9,11-16H2,1-2H3;4-7H2,1-3H3. The molecule has 240 valence electrons. The number of rotatable bonds is 9. The Kier molecular flexibility index (Phi) is 11.0. The van der Waals surface area contributed by atoms with Crippen molar-refractivity contribution in [1.29, 1.82) is 0 Å². The zero-order valence-corrected chi connectivity index (χ0v) is 27.2. The van der Waals surface area contributed by atoms with Gasteiger partial charge in [-0.1, -0.05) is 76.2 Å². The van der Waals surface area contributed by atoms with Crippen LogP contribution >= 0.6 is 11.8 Å². The van der Waals surface area contributed by atoms with Gasteiger partial charge in [-0.3, -0.25) is 0 Å². The van der Waals surface area contributed by atoms with Gasteiger partial charge >= 0.3 is 12.1 Å². The molecule has 0 amide bonds. The number of alkyl halides is 5. The molecule has 0 saturated heterocycles. The van der Waals surface area contributed by atoms with Gasteiger partial charge in [0.2, 0.25) is 0 Å². The molecule has 2 aromatic carbocycles. The lowest BCUT2D eigenvalue weighted by atomic mass is 9.55. The largest absolute Gasteiger partial charge is 0.453 e. The van der Waals surface area contributed by atoms with Crippen LogP contribution in [0.3, 0.4) is 0 Å². The SMILES string of the molecule is CCC(C)(C)SCCCC(F)(F)C(F)(F)F.COC1CCC2C3CCc4cc(Cc5ccccc5)ccc4C3CCC12C. The summed E-state index contributed by atoms with van der Waals surface area (Å²) in [5, 5.41) is 0. The van der Waals surface area contributed by atoms with Gasteiger partial charge in [-0.2, -0.15) is 33.7 Å². The number of thioether (sulfide) groups is 1. The lowest BCUT2D eigenvalue weighted by molar-refractivity contribution is -0.284. The summed E-state index contributed by atoms with van der Waals surface area (Å²) >= 11 is 1.43. The number of hydrogen-bond acceptors (Lipinski definition) is 2. The summed E-state index contributed by atoms with van der Waals surface area (Å²) in [4.78, 5) is 0. The van der Waals surface area contributed by atoms with E-state index in [1.807, 2.05) is 27.9 Å². The molecule has 0 N–H and O–H groups in total. The molecule has 2 saturated carbocycles. The first-order valence-electron chi connectivity index (χ1n) is 16.0. The molecule has 7 heteroatoms. The molecule has 0 heterocycles. The van der Waals surface area contributed by atoms with E-state index < -0.39 is 18.5 Å². The van der Waals surface area contributed by atoms with Gasteiger partial charge in [0.05, 0.1) is 6.10 Å². The fourth-order valence-electron chi connectivity index (χ4n) is 7.80. The number of methoxy groups -OCH3 is 1. The monoisotopic (exact) mass is 624 g/mol. The minimum absolute atomic E-state index is 0.0620. The fourth-order valence-corrected chi connectivity index (χ4v) is 8.85. The van der Waals surface area contributed by atoms with Gasteiger partial charge in [0, 0.05) is 18.3 Å². The van der Waals surface area contributed by atoms with Crippen molar-refractivity contribution in [3.63, 3.8) is 0 Å². The van der Waals surface area contributed by atoms with Gasteiger partial charge in [0.25, 0.3) is 0 Å². The van der Waals surface area contributed by atoms with Crippen LogP contribution in [0.1, 0.15) is 107 Å². The zero-order chi connectivity index (χ0) is 31.5. The summed E-state index contributed by atoms with van der Waals surface area (Å²) in [7, 11) is 1.93. The van der Waals surface area contributed by atoms with Gasteiger partial charge in [-0.25, -0.2) is 0 Å². The average Bonchev–Trinajstić information content (AvgIpc) is 3.32. The first kappa shape index (κ1) is 34.3. The van der Waals surface area contributed by atoms with Crippen molar-refractivity contribution in [3.8, 4) is 0 Å². The van der Waals surface area contributed by atoms with Crippen molar-refractivity contribution >= 4 is 11.8 Å². The molecular weight excluding hydrogens is 575 g/mol. The van der Waals surface area contributed by atoms with Crippen LogP contribution in [-0.2, 0) is 17.6 Å². The molecule has 5 atom stereocenters. The van der Waals surface area contributed by atoms with E-state index in [0.29, 0.717) is 17.3 Å². The summed E-state index contributed by atoms with van der Waals surface area (Å²) in [5.41, 5.74) is 6.61. The molecule has 0 spiro atoms. The van der Waals surface area contributed by atoms with Crippen molar-refractivity contribution in [2.45, 2.75) is 121 Å². The fraction of sp³-hybridized carbons (Fsp3) is 0.667. The molecule has 3 aliphatic rings. The highest BCUT2D eigenvalue weighted by molar-refractivity contribution is 8.00. The topological polar surface area (TPSA) is 9.23 Å². The van der Waals surface area contributed by atoms with E-state index >= 15 is 0 Å². The molecular formula is C36H49F5OS. The lowest BCUT2D eigenvalue weighted by Gasteiger charge is -2.50. The third-order valence-corrected chi connectivity index (χ3v) is 12.2.